The lowest BCUT2D eigenvalue weighted by atomic mass is 10.1. The second-order valence-electron chi connectivity index (χ2n) is 6.83. The Kier molecular flexibility index (Phi) is 6.27. The lowest BCUT2D eigenvalue weighted by Gasteiger charge is -2.12. The lowest BCUT2D eigenvalue weighted by molar-refractivity contribution is 0.0954. The molecule has 0 aliphatic carbocycles. The van der Waals surface area contributed by atoms with Crippen LogP contribution in [0.4, 0.5) is 5.69 Å². The van der Waals surface area contributed by atoms with Crippen LogP contribution < -0.4 is 10.1 Å². The summed E-state index contributed by atoms with van der Waals surface area (Å²) >= 11 is 0. The highest BCUT2D eigenvalue weighted by Crippen LogP contribution is 2.21. The number of aromatic nitrogens is 1. The third kappa shape index (κ3) is 5.09. The van der Waals surface area contributed by atoms with Gasteiger partial charge in [-0.3, -0.25) is 14.5 Å². The fourth-order valence-corrected chi connectivity index (χ4v) is 3.95. The normalized spacial score (nSPS) is 11.8. The number of amides is 1. The zero-order valence-electron chi connectivity index (χ0n) is 16.9. The first kappa shape index (κ1) is 21.2. The quantitative estimate of drug-likeness (QED) is 0.468. The van der Waals surface area contributed by atoms with Crippen LogP contribution in [0.25, 0.3) is 0 Å². The Labute approximate surface area is 175 Å². The molecule has 2 N–H and O–H groups in total. The molecule has 1 amide bonds. The van der Waals surface area contributed by atoms with Gasteiger partial charge >= 0.3 is 0 Å². The first-order valence-electron chi connectivity index (χ1n) is 9.21. The number of hydrazone groups is 1. The summed E-state index contributed by atoms with van der Waals surface area (Å²) in [6, 6.07) is 14.8. The first-order chi connectivity index (χ1) is 14.3. The zero-order valence-corrected chi connectivity index (χ0v) is 17.7. The van der Waals surface area contributed by atoms with Crippen molar-refractivity contribution in [2.45, 2.75) is 25.7 Å². The van der Waals surface area contributed by atoms with E-state index >= 15 is 0 Å². The second kappa shape index (κ2) is 8.87. The van der Waals surface area contributed by atoms with E-state index in [0.29, 0.717) is 11.4 Å². The second-order valence-corrected chi connectivity index (χ2v) is 8.51. The van der Waals surface area contributed by atoms with E-state index < -0.39 is 15.9 Å². The van der Waals surface area contributed by atoms with Crippen LogP contribution >= 0.6 is 0 Å². The maximum atomic E-state index is 12.8. The average Bonchev–Trinajstić information content (AvgIpc) is 2.74. The van der Waals surface area contributed by atoms with Crippen LogP contribution in [0.2, 0.25) is 0 Å². The van der Waals surface area contributed by atoms with E-state index in [2.05, 4.69) is 20.2 Å². The Morgan fingerprint density at radius 2 is 1.77 bits per heavy atom. The van der Waals surface area contributed by atoms with Crippen LogP contribution in [0.5, 0.6) is 0 Å². The number of aryl methyl sites for hydroxylation is 2. The largest absolute Gasteiger partial charge is 0.279 e. The molecule has 154 valence electrons. The molecule has 0 saturated heterocycles. The fraction of sp³-hybridized carbons (Fsp3) is 0.136. The molecule has 0 atom stereocenters. The van der Waals surface area contributed by atoms with Gasteiger partial charge in [0, 0.05) is 23.5 Å². The summed E-state index contributed by atoms with van der Waals surface area (Å²) in [6.07, 6.45) is 3.28. The SMILES string of the molecule is C/C(=N/NC(=O)c1cccc(S(=O)(=O)Nc2ccc(C)cc2C)c1)c1cccnc1. The molecule has 1 heterocycles. The Balaban J connectivity index is 1.78. The number of carbonyl (C=O) groups is 1. The van der Waals surface area contributed by atoms with Crippen LogP contribution in [0.15, 0.2) is 77.0 Å². The number of nitrogens with zero attached hydrogens (tertiary/aromatic N) is 2. The minimum Gasteiger partial charge on any atom is -0.279 e. The van der Waals surface area contributed by atoms with Crippen LogP contribution in [0.3, 0.4) is 0 Å². The Hall–Kier alpha value is -3.52. The molecule has 3 rings (SSSR count). The molecule has 0 spiro atoms. The van der Waals surface area contributed by atoms with Gasteiger partial charge < -0.3 is 0 Å². The van der Waals surface area contributed by atoms with Crippen LogP contribution in [-0.2, 0) is 10.0 Å². The molecule has 0 unspecified atom stereocenters. The van der Waals surface area contributed by atoms with Gasteiger partial charge in [-0.1, -0.05) is 29.8 Å². The van der Waals surface area contributed by atoms with Gasteiger partial charge in [0.25, 0.3) is 15.9 Å². The van der Waals surface area contributed by atoms with Crippen molar-refractivity contribution in [3.8, 4) is 0 Å². The summed E-state index contributed by atoms with van der Waals surface area (Å²) in [5.74, 6) is -0.512. The molecule has 2 aromatic carbocycles. The van der Waals surface area contributed by atoms with Crippen molar-refractivity contribution < 1.29 is 13.2 Å². The molecule has 7 nitrogen and oxygen atoms in total. The molecule has 0 aliphatic heterocycles. The molecule has 8 heteroatoms. The molecular formula is C22H22N4O3S. The maximum Gasteiger partial charge on any atom is 0.271 e. The number of rotatable bonds is 6. The van der Waals surface area contributed by atoms with E-state index in [1.807, 2.05) is 32.0 Å². The lowest BCUT2D eigenvalue weighted by Crippen LogP contribution is -2.20. The van der Waals surface area contributed by atoms with Crippen molar-refractivity contribution in [2.75, 3.05) is 4.72 Å². The third-order valence-electron chi connectivity index (χ3n) is 4.44. The van der Waals surface area contributed by atoms with Gasteiger partial charge in [0.2, 0.25) is 0 Å². The van der Waals surface area contributed by atoms with Gasteiger partial charge in [-0.2, -0.15) is 5.10 Å². The predicted molar refractivity (Wildman–Crippen MR) is 117 cm³/mol. The minimum absolute atomic E-state index is 0.0110. The van der Waals surface area contributed by atoms with Crippen molar-refractivity contribution in [1.29, 1.82) is 0 Å². The number of anilines is 1. The van der Waals surface area contributed by atoms with Gasteiger partial charge in [0.1, 0.15) is 0 Å². The van der Waals surface area contributed by atoms with E-state index in [4.69, 9.17) is 0 Å². The Morgan fingerprint density at radius 3 is 2.47 bits per heavy atom. The molecule has 30 heavy (non-hydrogen) atoms. The number of carbonyl (C=O) groups excluding carboxylic acids is 1. The van der Waals surface area contributed by atoms with Gasteiger partial charge in [0.15, 0.2) is 0 Å². The number of nitrogens with one attached hydrogen (secondary N) is 2. The van der Waals surface area contributed by atoms with E-state index in [1.165, 1.54) is 24.3 Å². The van der Waals surface area contributed by atoms with E-state index in [9.17, 15) is 13.2 Å². The van der Waals surface area contributed by atoms with Crippen LogP contribution in [0, 0.1) is 13.8 Å². The highest BCUT2D eigenvalue weighted by atomic mass is 32.2. The standard InChI is InChI=1S/C22H22N4O3S/c1-15-9-10-21(16(2)12-15)26-30(28,29)20-8-4-6-18(13-20)22(27)25-24-17(3)19-7-5-11-23-14-19/h4-14,26H,1-3H3,(H,25,27)/b24-17-. The van der Waals surface area contributed by atoms with Gasteiger partial charge in [0.05, 0.1) is 16.3 Å². The third-order valence-corrected chi connectivity index (χ3v) is 5.80. The van der Waals surface area contributed by atoms with Crippen molar-refractivity contribution in [1.82, 2.24) is 10.4 Å². The molecular weight excluding hydrogens is 400 g/mol. The van der Waals surface area contributed by atoms with Crippen molar-refractivity contribution in [2.24, 2.45) is 5.10 Å². The van der Waals surface area contributed by atoms with E-state index in [-0.39, 0.29) is 10.5 Å². The van der Waals surface area contributed by atoms with Gasteiger partial charge in [-0.25, -0.2) is 13.8 Å². The molecule has 3 aromatic rings. The molecule has 0 radical (unpaired) electrons. The summed E-state index contributed by atoms with van der Waals surface area (Å²) in [5, 5.41) is 4.06. The number of benzene rings is 2. The van der Waals surface area contributed by atoms with Crippen molar-refractivity contribution >= 4 is 27.3 Å². The number of pyridine rings is 1. The summed E-state index contributed by atoms with van der Waals surface area (Å²) in [7, 11) is -3.85. The maximum absolute atomic E-state index is 12.8. The molecule has 0 fully saturated rings. The minimum atomic E-state index is -3.85. The van der Waals surface area contributed by atoms with Crippen molar-refractivity contribution in [3.63, 3.8) is 0 Å². The summed E-state index contributed by atoms with van der Waals surface area (Å²) in [6.45, 7) is 5.51. The molecule has 0 bridgehead atoms. The highest BCUT2D eigenvalue weighted by Gasteiger charge is 2.17. The van der Waals surface area contributed by atoms with Gasteiger partial charge in [-0.05, 0) is 56.7 Å². The number of hydrogen-bond acceptors (Lipinski definition) is 5. The first-order valence-corrected chi connectivity index (χ1v) is 10.7. The molecule has 1 aromatic heterocycles. The van der Waals surface area contributed by atoms with E-state index in [1.54, 1.807) is 31.5 Å². The van der Waals surface area contributed by atoms with Crippen LogP contribution in [0.1, 0.15) is 34.0 Å². The predicted octanol–water partition coefficient (Wildman–Crippen LogP) is 3.65. The monoisotopic (exact) mass is 422 g/mol. The number of sulfonamides is 1. The number of hydrogen-bond donors (Lipinski definition) is 2. The topological polar surface area (TPSA) is 101 Å². The smallest absolute Gasteiger partial charge is 0.271 e. The zero-order chi connectivity index (χ0) is 21.7. The summed E-state index contributed by atoms with van der Waals surface area (Å²) in [4.78, 5) is 16.5. The molecule has 0 saturated carbocycles. The highest BCUT2D eigenvalue weighted by molar-refractivity contribution is 7.92. The summed E-state index contributed by atoms with van der Waals surface area (Å²) in [5.41, 5.74) is 6.32. The Morgan fingerprint density at radius 1 is 1.00 bits per heavy atom. The average molecular weight is 423 g/mol. The van der Waals surface area contributed by atoms with Gasteiger partial charge in [-0.15, -0.1) is 0 Å². The van der Waals surface area contributed by atoms with Crippen LogP contribution in [-0.4, -0.2) is 25.0 Å². The fourth-order valence-electron chi connectivity index (χ4n) is 2.78. The molecule has 0 aliphatic rings. The Bertz CT molecular complexity index is 1210. The van der Waals surface area contributed by atoms with Crippen molar-refractivity contribution in [3.05, 3.63) is 89.2 Å². The summed E-state index contributed by atoms with van der Waals surface area (Å²) < 4.78 is 28.1. The van der Waals surface area contributed by atoms with E-state index in [0.717, 1.165) is 16.7 Å².